The van der Waals surface area contributed by atoms with Crippen molar-refractivity contribution in [3.05, 3.63) is 71.2 Å². The van der Waals surface area contributed by atoms with E-state index in [1.165, 1.54) is 17.0 Å². The van der Waals surface area contributed by atoms with Crippen molar-refractivity contribution < 1.29 is 9.18 Å². The van der Waals surface area contributed by atoms with E-state index in [1.807, 2.05) is 31.2 Å². The second-order valence-corrected chi connectivity index (χ2v) is 5.38. The second-order valence-electron chi connectivity index (χ2n) is 4.99. The standard InChI is InChI=1S/C17H13FN2OS/c1-11-6-8-12(9-7-11)10-14-16(21)20(17(22)19-14)15-5-3-2-4-13(15)18/h2-10H,1H3,(H,19,22)/b14-10-. The lowest BCUT2D eigenvalue weighted by atomic mass is 10.1. The first-order chi connectivity index (χ1) is 10.6. The molecule has 3 rings (SSSR count). The van der Waals surface area contributed by atoms with Gasteiger partial charge in [0.25, 0.3) is 5.91 Å². The zero-order valence-corrected chi connectivity index (χ0v) is 12.7. The van der Waals surface area contributed by atoms with Crippen LogP contribution in [0.1, 0.15) is 11.1 Å². The summed E-state index contributed by atoms with van der Waals surface area (Å²) in [5.74, 6) is -0.854. The number of anilines is 1. The van der Waals surface area contributed by atoms with Crippen LogP contribution in [0.5, 0.6) is 0 Å². The molecule has 0 radical (unpaired) electrons. The summed E-state index contributed by atoms with van der Waals surface area (Å²) in [6, 6.07) is 13.8. The molecule has 1 N–H and O–H groups in total. The first-order valence-corrected chi connectivity index (χ1v) is 7.15. The fourth-order valence-electron chi connectivity index (χ4n) is 2.22. The fourth-order valence-corrected chi connectivity index (χ4v) is 2.51. The summed E-state index contributed by atoms with van der Waals surface area (Å²) in [5.41, 5.74) is 2.49. The van der Waals surface area contributed by atoms with Gasteiger partial charge in [-0.05, 0) is 42.9 Å². The molecule has 0 aromatic heterocycles. The summed E-state index contributed by atoms with van der Waals surface area (Å²) in [7, 11) is 0. The molecule has 2 aromatic carbocycles. The number of rotatable bonds is 2. The first kappa shape index (κ1) is 14.4. The molecule has 1 fully saturated rings. The van der Waals surface area contributed by atoms with Gasteiger partial charge in [0, 0.05) is 0 Å². The molecule has 3 nitrogen and oxygen atoms in total. The molecule has 22 heavy (non-hydrogen) atoms. The summed E-state index contributed by atoms with van der Waals surface area (Å²) in [4.78, 5) is 13.7. The Morgan fingerprint density at radius 1 is 1.14 bits per heavy atom. The number of para-hydroxylation sites is 1. The van der Waals surface area contributed by atoms with E-state index >= 15 is 0 Å². The number of benzene rings is 2. The van der Waals surface area contributed by atoms with Gasteiger partial charge < -0.3 is 5.32 Å². The Balaban J connectivity index is 1.95. The maximum Gasteiger partial charge on any atom is 0.281 e. The number of hydrogen-bond acceptors (Lipinski definition) is 2. The first-order valence-electron chi connectivity index (χ1n) is 6.74. The zero-order chi connectivity index (χ0) is 15.7. The van der Waals surface area contributed by atoms with E-state index < -0.39 is 5.82 Å². The predicted molar refractivity (Wildman–Crippen MR) is 88.8 cm³/mol. The number of carbonyl (C=O) groups is 1. The van der Waals surface area contributed by atoms with Crippen LogP contribution in [0, 0.1) is 12.7 Å². The van der Waals surface area contributed by atoms with Gasteiger partial charge in [-0.3, -0.25) is 4.79 Å². The van der Waals surface area contributed by atoms with E-state index in [2.05, 4.69) is 5.32 Å². The highest BCUT2D eigenvalue weighted by Crippen LogP contribution is 2.25. The van der Waals surface area contributed by atoms with Crippen LogP contribution in [0.4, 0.5) is 10.1 Å². The van der Waals surface area contributed by atoms with Gasteiger partial charge in [0.15, 0.2) is 5.11 Å². The lowest BCUT2D eigenvalue weighted by molar-refractivity contribution is -0.113. The molecule has 110 valence electrons. The average Bonchev–Trinajstić information content (AvgIpc) is 2.77. The topological polar surface area (TPSA) is 32.3 Å². The molecule has 0 aliphatic carbocycles. The molecule has 0 atom stereocenters. The number of halogens is 1. The van der Waals surface area contributed by atoms with Crippen LogP contribution in [0.2, 0.25) is 0 Å². The molecule has 0 spiro atoms. The third kappa shape index (κ3) is 2.63. The van der Waals surface area contributed by atoms with Crippen molar-refractivity contribution >= 4 is 35.0 Å². The molecular formula is C17H13FN2OS. The minimum atomic E-state index is -0.489. The van der Waals surface area contributed by atoms with Crippen molar-refractivity contribution in [3.8, 4) is 0 Å². The van der Waals surface area contributed by atoms with Gasteiger partial charge in [0.05, 0.1) is 5.69 Å². The monoisotopic (exact) mass is 312 g/mol. The maximum absolute atomic E-state index is 13.9. The Morgan fingerprint density at radius 3 is 2.50 bits per heavy atom. The summed E-state index contributed by atoms with van der Waals surface area (Å²) < 4.78 is 13.9. The highest BCUT2D eigenvalue weighted by molar-refractivity contribution is 7.80. The van der Waals surface area contributed by atoms with E-state index in [4.69, 9.17) is 12.2 Å². The van der Waals surface area contributed by atoms with Crippen LogP contribution in [-0.2, 0) is 4.79 Å². The van der Waals surface area contributed by atoms with Gasteiger partial charge in [-0.1, -0.05) is 42.0 Å². The number of nitrogens with zero attached hydrogens (tertiary/aromatic N) is 1. The van der Waals surface area contributed by atoms with E-state index in [-0.39, 0.29) is 16.7 Å². The summed E-state index contributed by atoms with van der Waals surface area (Å²) in [5, 5.41) is 3.02. The highest BCUT2D eigenvalue weighted by Gasteiger charge is 2.33. The maximum atomic E-state index is 13.9. The van der Waals surface area contributed by atoms with E-state index in [0.717, 1.165) is 11.1 Å². The lowest BCUT2D eigenvalue weighted by Gasteiger charge is -2.14. The molecule has 5 heteroatoms. The van der Waals surface area contributed by atoms with Gasteiger partial charge >= 0.3 is 0 Å². The van der Waals surface area contributed by atoms with Crippen molar-refractivity contribution in [2.75, 3.05) is 4.90 Å². The Hall–Kier alpha value is -2.53. The largest absolute Gasteiger partial charge is 0.327 e. The van der Waals surface area contributed by atoms with Crippen molar-refractivity contribution in [2.45, 2.75) is 6.92 Å². The quantitative estimate of drug-likeness (QED) is 0.681. The molecular weight excluding hydrogens is 299 g/mol. The SMILES string of the molecule is Cc1ccc(/C=C2\NC(=S)N(c3ccccc3F)C2=O)cc1. The van der Waals surface area contributed by atoms with E-state index in [0.29, 0.717) is 5.70 Å². The molecule has 1 heterocycles. The Bertz CT molecular complexity index is 784. The molecule has 2 aromatic rings. The molecule has 1 aliphatic heterocycles. The van der Waals surface area contributed by atoms with Gasteiger partial charge in [-0.25, -0.2) is 9.29 Å². The predicted octanol–water partition coefficient (Wildman–Crippen LogP) is 3.40. The number of carbonyl (C=O) groups excluding carboxylic acids is 1. The van der Waals surface area contributed by atoms with E-state index in [9.17, 15) is 9.18 Å². The summed E-state index contributed by atoms with van der Waals surface area (Å²) >= 11 is 5.16. The zero-order valence-electron chi connectivity index (χ0n) is 11.8. The Morgan fingerprint density at radius 2 is 1.82 bits per heavy atom. The molecule has 1 saturated heterocycles. The van der Waals surface area contributed by atoms with Crippen LogP contribution in [0.3, 0.4) is 0 Å². The normalized spacial score (nSPS) is 16.3. The molecule has 1 aliphatic rings. The minimum absolute atomic E-state index is 0.150. The third-order valence-electron chi connectivity index (χ3n) is 3.36. The number of hydrogen-bond donors (Lipinski definition) is 1. The fraction of sp³-hybridized carbons (Fsp3) is 0.0588. The van der Waals surface area contributed by atoms with Crippen molar-refractivity contribution in [1.82, 2.24) is 5.32 Å². The van der Waals surface area contributed by atoms with Crippen molar-refractivity contribution in [3.63, 3.8) is 0 Å². The second kappa shape index (κ2) is 5.69. The van der Waals surface area contributed by atoms with Crippen molar-refractivity contribution in [2.24, 2.45) is 0 Å². The van der Waals surface area contributed by atoms with Crippen LogP contribution >= 0.6 is 12.2 Å². The highest BCUT2D eigenvalue weighted by atomic mass is 32.1. The van der Waals surface area contributed by atoms with E-state index in [1.54, 1.807) is 18.2 Å². The molecule has 1 amide bonds. The lowest BCUT2D eigenvalue weighted by Crippen LogP contribution is -2.31. The van der Waals surface area contributed by atoms with Gasteiger partial charge in [-0.15, -0.1) is 0 Å². The number of amides is 1. The number of nitrogens with one attached hydrogen (secondary N) is 1. The smallest absolute Gasteiger partial charge is 0.281 e. The summed E-state index contributed by atoms with van der Waals surface area (Å²) in [6.07, 6.45) is 1.70. The van der Waals surface area contributed by atoms with Gasteiger partial charge in [-0.2, -0.15) is 0 Å². The van der Waals surface area contributed by atoms with Crippen LogP contribution in [0.25, 0.3) is 6.08 Å². The Kier molecular flexibility index (Phi) is 3.73. The van der Waals surface area contributed by atoms with Crippen LogP contribution in [-0.4, -0.2) is 11.0 Å². The van der Waals surface area contributed by atoms with Crippen LogP contribution in [0.15, 0.2) is 54.2 Å². The van der Waals surface area contributed by atoms with Crippen LogP contribution < -0.4 is 10.2 Å². The average molecular weight is 312 g/mol. The molecule has 0 bridgehead atoms. The van der Waals surface area contributed by atoms with Gasteiger partial charge in [0.1, 0.15) is 11.5 Å². The molecule has 0 unspecified atom stereocenters. The Labute approximate surface area is 133 Å². The number of aryl methyl sites for hydroxylation is 1. The summed E-state index contributed by atoms with van der Waals surface area (Å²) in [6.45, 7) is 1.99. The number of thiocarbonyl (C=S) groups is 1. The third-order valence-corrected chi connectivity index (χ3v) is 3.64. The minimum Gasteiger partial charge on any atom is -0.327 e. The van der Waals surface area contributed by atoms with Gasteiger partial charge in [0.2, 0.25) is 0 Å². The van der Waals surface area contributed by atoms with Crippen molar-refractivity contribution in [1.29, 1.82) is 0 Å². The molecule has 0 saturated carbocycles.